The van der Waals surface area contributed by atoms with Gasteiger partial charge in [-0.05, 0) is 61.9 Å². The monoisotopic (exact) mass is 825 g/mol. The van der Waals surface area contributed by atoms with Gasteiger partial charge in [0.2, 0.25) is 0 Å². The second-order valence-corrected chi connectivity index (χ2v) is 12.9. The van der Waals surface area contributed by atoms with Gasteiger partial charge in [0.15, 0.2) is 0 Å². The van der Waals surface area contributed by atoms with Gasteiger partial charge < -0.3 is 9.30 Å². The van der Waals surface area contributed by atoms with Crippen LogP contribution in [0.5, 0.6) is 11.5 Å². The van der Waals surface area contributed by atoms with Crippen LogP contribution in [0.25, 0.3) is 33.3 Å². The predicted octanol–water partition coefficient (Wildman–Crippen LogP) is 10.4. The van der Waals surface area contributed by atoms with E-state index in [1.165, 1.54) is 35.0 Å². The van der Waals surface area contributed by atoms with Crippen LogP contribution in [0, 0.1) is 37.7 Å². The number of benzene rings is 4. The van der Waals surface area contributed by atoms with Crippen molar-refractivity contribution in [3.05, 3.63) is 155 Å². The van der Waals surface area contributed by atoms with Crippen molar-refractivity contribution in [2.45, 2.75) is 46.0 Å². The summed E-state index contributed by atoms with van der Waals surface area (Å²) < 4.78 is 24.6. The summed E-state index contributed by atoms with van der Waals surface area (Å²) in [5.74, 6) is 2.41. The van der Waals surface area contributed by atoms with Gasteiger partial charge in [-0.25, -0.2) is 9.37 Å². The second kappa shape index (κ2) is 13.2. The molecule has 7 aromatic rings. The second-order valence-electron chi connectivity index (χ2n) is 12.9. The first-order valence-electron chi connectivity index (χ1n) is 16.4. The summed E-state index contributed by atoms with van der Waals surface area (Å²) in [6, 6.07) is 38.2. The van der Waals surface area contributed by atoms with E-state index >= 15 is 0 Å². The number of fused-ring (bicyclic) bond motifs is 3. The fraction of sp³-hybridized carbons (Fsp3) is 0.190. The molecule has 1 unspecified atom stereocenters. The molecule has 8 rings (SSSR count). The average molecular weight is 826 g/mol. The van der Waals surface area contributed by atoms with Crippen LogP contribution in [0.3, 0.4) is 0 Å². The van der Waals surface area contributed by atoms with E-state index in [4.69, 9.17) is 9.84 Å². The predicted molar refractivity (Wildman–Crippen MR) is 189 cm³/mol. The van der Waals surface area contributed by atoms with Gasteiger partial charge in [0.25, 0.3) is 0 Å². The summed E-state index contributed by atoms with van der Waals surface area (Å²) in [6.07, 6.45) is 5.03. The summed E-state index contributed by atoms with van der Waals surface area (Å²) in [6.45, 7) is 8.90. The molecule has 1 aliphatic rings. The van der Waals surface area contributed by atoms with Gasteiger partial charge in [0.1, 0.15) is 11.6 Å². The van der Waals surface area contributed by atoms with Gasteiger partial charge in [-0.1, -0.05) is 72.6 Å². The van der Waals surface area contributed by atoms with Crippen LogP contribution in [0.4, 0.5) is 4.39 Å². The molecule has 246 valence electrons. The summed E-state index contributed by atoms with van der Waals surface area (Å²) >= 11 is 0. The SMILES string of the molecule is CC1=C[C@H](c2ccccc2)C[C@H](C)C1c1c(C)nn(-c2[c-]c(Oc3[c-]c4c(cc3)c3ccccc3n4-c3cc(F)ccn3)ccc2)c1C.[Pt+2]. The zero-order valence-corrected chi connectivity index (χ0v) is 30.0. The molecule has 0 N–H and O–H groups in total. The fourth-order valence-corrected chi connectivity index (χ4v) is 7.68. The quantitative estimate of drug-likeness (QED) is 0.124. The van der Waals surface area contributed by atoms with Crippen LogP contribution in [-0.2, 0) is 21.1 Å². The normalized spacial score (nSPS) is 17.6. The summed E-state index contributed by atoms with van der Waals surface area (Å²) in [4.78, 5) is 4.46. The maximum absolute atomic E-state index is 14.3. The van der Waals surface area contributed by atoms with Crippen molar-refractivity contribution in [3.63, 3.8) is 0 Å². The topological polar surface area (TPSA) is 44.9 Å². The first-order valence-corrected chi connectivity index (χ1v) is 16.4. The molecule has 0 radical (unpaired) electrons. The number of aromatic nitrogens is 4. The van der Waals surface area contributed by atoms with Crippen LogP contribution < -0.4 is 4.74 Å². The maximum Gasteiger partial charge on any atom is 2.00 e. The molecule has 4 aromatic carbocycles. The molecule has 3 aromatic heterocycles. The van der Waals surface area contributed by atoms with Gasteiger partial charge in [-0.3, -0.25) is 4.68 Å². The third-order valence-corrected chi connectivity index (χ3v) is 9.73. The molecule has 0 aliphatic heterocycles. The van der Waals surface area contributed by atoms with E-state index in [2.05, 4.69) is 87.3 Å². The maximum atomic E-state index is 14.3. The number of halogens is 1. The van der Waals surface area contributed by atoms with E-state index in [1.54, 1.807) is 0 Å². The Morgan fingerprint density at radius 2 is 1.61 bits per heavy atom. The minimum Gasteiger partial charge on any atom is -0.509 e. The van der Waals surface area contributed by atoms with Crippen LogP contribution in [-0.4, -0.2) is 19.3 Å². The van der Waals surface area contributed by atoms with Crippen LogP contribution in [0.15, 0.2) is 115 Å². The van der Waals surface area contributed by atoms with Gasteiger partial charge in [-0.15, -0.1) is 35.7 Å². The number of para-hydroxylation sites is 1. The molecule has 0 amide bonds. The van der Waals surface area contributed by atoms with Gasteiger partial charge in [0, 0.05) is 52.4 Å². The Kier molecular flexibility index (Phi) is 8.85. The molecular formula is C42H35FN4OPt. The van der Waals surface area contributed by atoms with Crippen LogP contribution >= 0.6 is 0 Å². The van der Waals surface area contributed by atoms with Crippen LogP contribution in [0.1, 0.15) is 54.6 Å². The van der Waals surface area contributed by atoms with E-state index in [-0.39, 0.29) is 26.9 Å². The Bertz CT molecular complexity index is 2340. The number of rotatable bonds is 6. The van der Waals surface area contributed by atoms with E-state index in [0.717, 1.165) is 45.3 Å². The smallest absolute Gasteiger partial charge is 0.509 e. The zero-order valence-electron chi connectivity index (χ0n) is 27.7. The number of aryl methyl sites for hydroxylation is 1. The molecule has 3 atom stereocenters. The molecule has 0 spiro atoms. The third kappa shape index (κ3) is 5.93. The fourth-order valence-electron chi connectivity index (χ4n) is 7.68. The van der Waals surface area contributed by atoms with Gasteiger partial charge >= 0.3 is 21.1 Å². The van der Waals surface area contributed by atoms with E-state index in [1.807, 2.05) is 57.8 Å². The Labute approximate surface area is 300 Å². The number of pyridine rings is 1. The van der Waals surface area contributed by atoms with Crippen molar-refractivity contribution in [1.29, 1.82) is 0 Å². The molecule has 3 heterocycles. The minimum atomic E-state index is -0.349. The van der Waals surface area contributed by atoms with Crippen molar-refractivity contribution >= 4 is 21.8 Å². The number of hydrogen-bond acceptors (Lipinski definition) is 3. The summed E-state index contributed by atoms with van der Waals surface area (Å²) in [5, 5.41) is 7.03. The first kappa shape index (κ1) is 32.7. The minimum absolute atomic E-state index is 0. The Hall–Kier alpha value is -4.80. The molecule has 0 saturated carbocycles. The van der Waals surface area contributed by atoms with Crippen molar-refractivity contribution in [3.8, 4) is 23.0 Å². The first-order chi connectivity index (χ1) is 23.4. The van der Waals surface area contributed by atoms with Crippen molar-refractivity contribution < 1.29 is 30.2 Å². The summed E-state index contributed by atoms with van der Waals surface area (Å²) in [5.41, 5.74) is 8.70. The van der Waals surface area contributed by atoms with Gasteiger partial charge in [-0.2, -0.15) is 17.2 Å². The van der Waals surface area contributed by atoms with Gasteiger partial charge in [0.05, 0.1) is 5.69 Å². The average Bonchev–Trinajstić information content (AvgIpc) is 3.57. The van der Waals surface area contributed by atoms with E-state index in [9.17, 15) is 4.39 Å². The van der Waals surface area contributed by atoms with Crippen molar-refractivity contribution in [2.24, 2.45) is 5.92 Å². The molecule has 1 aliphatic carbocycles. The number of hydrogen-bond donors (Lipinski definition) is 0. The largest absolute Gasteiger partial charge is 2.00 e. The third-order valence-electron chi connectivity index (χ3n) is 9.73. The molecule has 49 heavy (non-hydrogen) atoms. The number of ether oxygens (including phenoxy) is 1. The Morgan fingerprint density at radius 3 is 2.41 bits per heavy atom. The molecular weight excluding hydrogens is 791 g/mol. The zero-order chi connectivity index (χ0) is 32.9. The number of allylic oxidation sites excluding steroid dienone is 2. The van der Waals surface area contributed by atoms with Crippen molar-refractivity contribution in [2.75, 3.05) is 0 Å². The van der Waals surface area contributed by atoms with Crippen LogP contribution in [0.2, 0.25) is 0 Å². The molecule has 0 saturated heterocycles. The van der Waals surface area contributed by atoms with Crippen molar-refractivity contribution in [1.82, 2.24) is 19.3 Å². The molecule has 0 bridgehead atoms. The van der Waals surface area contributed by atoms with E-state index in [0.29, 0.717) is 35.1 Å². The Morgan fingerprint density at radius 1 is 0.837 bits per heavy atom. The molecule has 0 fully saturated rings. The molecule has 7 heteroatoms. The standard InChI is InChI=1S/C42H35FN4O.Pt/c1-26-21-31(30-11-6-5-7-12-30)22-27(2)41(26)42-28(3)45-47(29(42)4)33-13-10-14-34(24-33)48-35-17-18-37-36-15-8-9-16-38(36)46(39(37)25-35)40-23-32(43)19-20-44-40;/h5-21,23,27,31,41H,22H2,1-4H3;/q-2;+2/t27-,31-,41?;/m0./s1. The molecule has 5 nitrogen and oxygen atoms in total. The Balaban J connectivity index is 0.00000378. The number of nitrogens with zero attached hydrogens (tertiary/aromatic N) is 4. The van der Waals surface area contributed by atoms with E-state index < -0.39 is 0 Å². The summed E-state index contributed by atoms with van der Waals surface area (Å²) in [7, 11) is 0.